The summed E-state index contributed by atoms with van der Waals surface area (Å²) >= 11 is 5.67. The highest BCUT2D eigenvalue weighted by atomic mass is 35.5. The quantitative estimate of drug-likeness (QED) is 0.610. The Balaban J connectivity index is 2.91. The molecule has 0 aromatic heterocycles. The molecule has 0 heterocycles. The second-order valence-electron chi connectivity index (χ2n) is 3.65. The van der Waals surface area contributed by atoms with Crippen molar-refractivity contribution in [1.82, 2.24) is 10.3 Å². The second-order valence-corrected chi connectivity index (χ2v) is 4.08. The predicted octanol–water partition coefficient (Wildman–Crippen LogP) is 1.55. The normalized spacial score (nSPS) is 13.2. The molecule has 3 nitrogen and oxygen atoms in total. The minimum atomic E-state index is -0.340. The van der Waals surface area contributed by atoms with Gasteiger partial charge in [-0.2, -0.15) is 0 Å². The lowest BCUT2D eigenvalue weighted by atomic mass is 10.1. The molecule has 1 aromatic carbocycles. The third-order valence-electron chi connectivity index (χ3n) is 2.09. The number of nitrogens with zero attached hydrogens (tertiary/aromatic N) is 1. The predicted molar refractivity (Wildman–Crippen MR) is 60.0 cm³/mol. The molecule has 0 spiro atoms. The molecule has 0 aliphatic rings. The highest BCUT2D eigenvalue weighted by Crippen LogP contribution is 2.20. The molecule has 0 fully saturated rings. The van der Waals surface area contributed by atoms with Crippen molar-refractivity contribution in [3.8, 4) is 0 Å². The largest absolute Gasteiger partial charge is 0.307 e. The van der Waals surface area contributed by atoms with Crippen molar-refractivity contribution < 1.29 is 4.39 Å². The number of likely N-dealkylation sites (N-methyl/N-ethyl adjacent to an activating group) is 1. The lowest BCUT2D eigenvalue weighted by molar-refractivity contribution is 0.339. The Labute approximate surface area is 94.0 Å². The molecule has 1 aromatic rings. The van der Waals surface area contributed by atoms with Crippen molar-refractivity contribution >= 4 is 11.6 Å². The first-order chi connectivity index (χ1) is 7.04. The van der Waals surface area contributed by atoms with E-state index in [2.05, 4.69) is 5.43 Å². The van der Waals surface area contributed by atoms with E-state index in [1.54, 1.807) is 12.1 Å². The van der Waals surface area contributed by atoms with Crippen molar-refractivity contribution in [2.75, 3.05) is 20.6 Å². The number of halogens is 2. The third kappa shape index (κ3) is 3.43. The summed E-state index contributed by atoms with van der Waals surface area (Å²) in [6, 6.07) is 4.35. The van der Waals surface area contributed by atoms with Crippen LogP contribution in [-0.2, 0) is 0 Å². The Hall–Kier alpha value is -0.680. The van der Waals surface area contributed by atoms with Crippen LogP contribution in [0.5, 0.6) is 0 Å². The van der Waals surface area contributed by atoms with Crippen molar-refractivity contribution in [3.05, 3.63) is 34.6 Å². The van der Waals surface area contributed by atoms with Gasteiger partial charge in [0.2, 0.25) is 0 Å². The lowest BCUT2D eigenvalue weighted by Gasteiger charge is -2.21. The zero-order valence-electron chi connectivity index (χ0n) is 8.80. The minimum Gasteiger partial charge on any atom is -0.307 e. The monoisotopic (exact) mass is 231 g/mol. The first kappa shape index (κ1) is 12.4. The molecule has 0 saturated heterocycles. The summed E-state index contributed by atoms with van der Waals surface area (Å²) in [5.74, 6) is 5.04. The molecule has 0 saturated carbocycles. The summed E-state index contributed by atoms with van der Waals surface area (Å²) in [4.78, 5) is 1.93. The zero-order chi connectivity index (χ0) is 11.4. The molecule has 1 unspecified atom stereocenters. The van der Waals surface area contributed by atoms with E-state index in [1.165, 1.54) is 6.07 Å². The van der Waals surface area contributed by atoms with Gasteiger partial charge in [-0.25, -0.2) is 4.39 Å². The third-order valence-corrected chi connectivity index (χ3v) is 2.32. The van der Waals surface area contributed by atoms with E-state index >= 15 is 0 Å². The lowest BCUT2D eigenvalue weighted by Crippen LogP contribution is -2.35. The Morgan fingerprint density at radius 2 is 2.20 bits per heavy atom. The highest BCUT2D eigenvalue weighted by molar-refractivity contribution is 6.30. The van der Waals surface area contributed by atoms with Gasteiger partial charge in [0, 0.05) is 17.1 Å². The van der Waals surface area contributed by atoms with Gasteiger partial charge in [0.25, 0.3) is 0 Å². The summed E-state index contributed by atoms with van der Waals surface area (Å²) < 4.78 is 13.5. The topological polar surface area (TPSA) is 41.3 Å². The fourth-order valence-electron chi connectivity index (χ4n) is 1.39. The Morgan fingerprint density at radius 3 is 2.67 bits per heavy atom. The number of benzene rings is 1. The molecule has 0 aliphatic heterocycles. The van der Waals surface area contributed by atoms with E-state index in [0.717, 1.165) is 0 Å². The number of hydrogen-bond donors (Lipinski definition) is 2. The SMILES string of the molecule is CN(C)CC(NN)c1ccc(Cl)cc1F. The van der Waals surface area contributed by atoms with Gasteiger partial charge in [-0.05, 0) is 26.2 Å². The molecule has 15 heavy (non-hydrogen) atoms. The number of rotatable bonds is 4. The van der Waals surface area contributed by atoms with Crippen LogP contribution in [0.25, 0.3) is 0 Å². The average molecular weight is 232 g/mol. The maximum Gasteiger partial charge on any atom is 0.129 e. The molecule has 1 atom stereocenters. The molecule has 3 N–H and O–H groups in total. The number of nitrogens with two attached hydrogens (primary N) is 1. The van der Waals surface area contributed by atoms with Crippen LogP contribution >= 0.6 is 11.6 Å². The smallest absolute Gasteiger partial charge is 0.129 e. The van der Waals surface area contributed by atoms with E-state index in [1.807, 2.05) is 19.0 Å². The van der Waals surface area contributed by atoms with E-state index in [-0.39, 0.29) is 11.9 Å². The summed E-state index contributed by atoms with van der Waals surface area (Å²) in [7, 11) is 3.80. The van der Waals surface area contributed by atoms with Crippen LogP contribution in [0.15, 0.2) is 18.2 Å². The standard InChI is InChI=1S/C10H15ClFN3/c1-15(2)6-10(14-13)8-4-3-7(11)5-9(8)12/h3-5,10,14H,6,13H2,1-2H3. The van der Waals surface area contributed by atoms with Crippen LogP contribution in [0.1, 0.15) is 11.6 Å². The first-order valence-corrected chi connectivity index (χ1v) is 4.98. The van der Waals surface area contributed by atoms with Crippen molar-refractivity contribution in [3.63, 3.8) is 0 Å². The molecule has 0 radical (unpaired) electrons. The van der Waals surface area contributed by atoms with Crippen LogP contribution in [0.3, 0.4) is 0 Å². The zero-order valence-corrected chi connectivity index (χ0v) is 9.55. The molecular formula is C10H15ClFN3. The van der Waals surface area contributed by atoms with E-state index < -0.39 is 0 Å². The molecule has 5 heteroatoms. The van der Waals surface area contributed by atoms with E-state index in [4.69, 9.17) is 17.4 Å². The van der Waals surface area contributed by atoms with Crippen molar-refractivity contribution in [2.45, 2.75) is 6.04 Å². The van der Waals surface area contributed by atoms with Crippen LogP contribution in [0, 0.1) is 5.82 Å². The van der Waals surface area contributed by atoms with Crippen molar-refractivity contribution in [1.29, 1.82) is 0 Å². The van der Waals surface area contributed by atoms with Gasteiger partial charge < -0.3 is 4.90 Å². The summed E-state index contributed by atoms with van der Waals surface area (Å²) in [5.41, 5.74) is 3.11. The van der Waals surface area contributed by atoms with Gasteiger partial charge in [0.05, 0.1) is 6.04 Å². The number of hydrogen-bond acceptors (Lipinski definition) is 3. The highest BCUT2D eigenvalue weighted by Gasteiger charge is 2.15. The van der Waals surface area contributed by atoms with E-state index in [0.29, 0.717) is 17.1 Å². The van der Waals surface area contributed by atoms with Gasteiger partial charge in [0.1, 0.15) is 5.82 Å². The van der Waals surface area contributed by atoms with Gasteiger partial charge in [-0.3, -0.25) is 11.3 Å². The molecular weight excluding hydrogens is 217 g/mol. The maximum absolute atomic E-state index is 13.5. The van der Waals surface area contributed by atoms with Gasteiger partial charge in [0.15, 0.2) is 0 Å². The van der Waals surface area contributed by atoms with Gasteiger partial charge in [-0.15, -0.1) is 0 Å². The average Bonchev–Trinajstić information content (AvgIpc) is 2.14. The number of nitrogens with one attached hydrogen (secondary N) is 1. The number of hydrazine groups is 1. The Kier molecular flexibility index (Phi) is 4.47. The maximum atomic E-state index is 13.5. The summed E-state index contributed by atoms with van der Waals surface area (Å²) in [6.45, 7) is 0.620. The Bertz CT molecular complexity index is 330. The Morgan fingerprint density at radius 1 is 1.53 bits per heavy atom. The fourth-order valence-corrected chi connectivity index (χ4v) is 1.55. The molecule has 0 amide bonds. The van der Waals surface area contributed by atoms with Crippen LogP contribution < -0.4 is 11.3 Å². The van der Waals surface area contributed by atoms with E-state index in [9.17, 15) is 4.39 Å². The van der Waals surface area contributed by atoms with Gasteiger partial charge in [-0.1, -0.05) is 17.7 Å². The summed E-state index contributed by atoms with van der Waals surface area (Å²) in [6.07, 6.45) is 0. The van der Waals surface area contributed by atoms with Crippen molar-refractivity contribution in [2.24, 2.45) is 5.84 Å². The van der Waals surface area contributed by atoms with Crippen LogP contribution in [0.4, 0.5) is 4.39 Å². The molecule has 84 valence electrons. The van der Waals surface area contributed by atoms with Crippen LogP contribution in [0.2, 0.25) is 5.02 Å². The summed E-state index contributed by atoms with van der Waals surface area (Å²) in [5, 5.41) is 0.386. The van der Waals surface area contributed by atoms with Crippen LogP contribution in [-0.4, -0.2) is 25.5 Å². The second kappa shape index (κ2) is 5.42. The first-order valence-electron chi connectivity index (χ1n) is 4.60. The minimum absolute atomic E-state index is 0.239. The fraction of sp³-hybridized carbons (Fsp3) is 0.400. The van der Waals surface area contributed by atoms with Gasteiger partial charge >= 0.3 is 0 Å². The molecule has 0 bridgehead atoms. The molecule has 0 aliphatic carbocycles. The molecule has 1 rings (SSSR count).